The lowest BCUT2D eigenvalue weighted by Gasteiger charge is -2.05. The minimum Gasteiger partial charge on any atom is -0.493 e. The summed E-state index contributed by atoms with van der Waals surface area (Å²) in [6.45, 7) is 2.22. The van der Waals surface area contributed by atoms with E-state index in [4.69, 9.17) is 4.74 Å². The number of nitrogens with zero attached hydrogens (tertiary/aromatic N) is 1. The molecule has 0 spiro atoms. The van der Waals surface area contributed by atoms with Gasteiger partial charge in [0.1, 0.15) is 12.2 Å². The first-order valence-electron chi connectivity index (χ1n) is 5.55. The first-order valence-corrected chi connectivity index (χ1v) is 5.55. The molecule has 19 heavy (non-hydrogen) atoms. The number of hydrogen-bond acceptors (Lipinski definition) is 5. The van der Waals surface area contributed by atoms with Gasteiger partial charge < -0.3 is 9.47 Å². The van der Waals surface area contributed by atoms with Crippen molar-refractivity contribution in [3.63, 3.8) is 0 Å². The molecule has 1 rings (SSSR count). The second-order valence-corrected chi connectivity index (χ2v) is 3.43. The molecule has 0 aliphatic carbocycles. The number of hydrogen-bond donors (Lipinski definition) is 0. The van der Waals surface area contributed by atoms with Crippen molar-refractivity contribution in [3.8, 4) is 17.6 Å². The van der Waals surface area contributed by atoms with Gasteiger partial charge in [0.05, 0.1) is 24.2 Å². The molecule has 1 aromatic rings. The second kappa shape index (κ2) is 7.01. The summed E-state index contributed by atoms with van der Waals surface area (Å²) in [5.41, 5.74) is 0.297. The van der Waals surface area contributed by atoms with Gasteiger partial charge in [-0.25, -0.2) is 0 Å². The molecular weight excluding hydrogens is 250 g/mol. The highest BCUT2D eigenvalue weighted by molar-refractivity contribution is 5.72. The quantitative estimate of drug-likeness (QED) is 0.359. The third-order valence-electron chi connectivity index (χ3n) is 2.16. The lowest BCUT2D eigenvalue weighted by atomic mass is 10.1. The predicted octanol–water partition coefficient (Wildman–Crippen LogP) is 1.91. The average Bonchev–Trinajstić information content (AvgIpc) is 2.40. The van der Waals surface area contributed by atoms with E-state index in [1.807, 2.05) is 0 Å². The van der Waals surface area contributed by atoms with E-state index in [0.717, 1.165) is 0 Å². The Morgan fingerprint density at radius 2 is 2.21 bits per heavy atom. The molecule has 0 radical (unpaired) electrons. The highest BCUT2D eigenvalue weighted by Gasteiger charge is 2.10. The smallest absolute Gasteiger partial charge is 0.317 e. The molecule has 1 aromatic carbocycles. The Morgan fingerprint density at radius 3 is 2.79 bits per heavy atom. The van der Waals surface area contributed by atoms with Crippen LogP contribution in [0, 0.1) is 22.0 Å². The van der Waals surface area contributed by atoms with E-state index in [-0.39, 0.29) is 12.1 Å². The molecule has 0 atom stereocenters. The van der Waals surface area contributed by atoms with Crippen molar-refractivity contribution in [1.82, 2.24) is 0 Å². The van der Waals surface area contributed by atoms with Gasteiger partial charge in [-0.3, -0.25) is 14.9 Å². The summed E-state index contributed by atoms with van der Waals surface area (Å²) in [5, 5.41) is 10.7. The Balaban J connectivity index is 3.03. The molecule has 100 valence electrons. The zero-order chi connectivity index (χ0) is 14.3. The first kappa shape index (κ1) is 14.5. The molecule has 0 aliphatic heterocycles. The number of benzene rings is 1. The third kappa shape index (κ3) is 4.32. The standard InChI is InChI=1S/C13H13NO5/c1-3-19-12-8-7-11(14(16)17)9-10(12)5-4-6-13(15)18-2/h7-9H,3,6H2,1-2H3. The van der Waals surface area contributed by atoms with Crippen LogP contribution in [0.3, 0.4) is 0 Å². The fourth-order valence-electron chi connectivity index (χ4n) is 1.29. The zero-order valence-corrected chi connectivity index (χ0v) is 10.6. The Labute approximate surface area is 110 Å². The maximum absolute atomic E-state index is 10.9. The normalized spacial score (nSPS) is 9.16. The maximum atomic E-state index is 10.9. The van der Waals surface area contributed by atoms with Gasteiger partial charge in [-0.1, -0.05) is 11.8 Å². The van der Waals surface area contributed by atoms with Crippen molar-refractivity contribution in [2.24, 2.45) is 0 Å². The summed E-state index contributed by atoms with van der Waals surface area (Å²) in [7, 11) is 1.27. The van der Waals surface area contributed by atoms with E-state index >= 15 is 0 Å². The van der Waals surface area contributed by atoms with Gasteiger partial charge >= 0.3 is 5.97 Å². The molecule has 0 saturated heterocycles. The van der Waals surface area contributed by atoms with Gasteiger partial charge in [0.2, 0.25) is 0 Å². The molecule has 0 unspecified atom stereocenters. The Kier molecular flexibility index (Phi) is 5.35. The average molecular weight is 263 g/mol. The molecule has 0 N–H and O–H groups in total. The first-order chi connectivity index (χ1) is 9.08. The number of nitro benzene ring substituents is 1. The Bertz CT molecular complexity index is 542. The van der Waals surface area contributed by atoms with Gasteiger partial charge in [0.15, 0.2) is 0 Å². The van der Waals surface area contributed by atoms with Crippen molar-refractivity contribution < 1.29 is 19.2 Å². The molecule has 0 bridgehead atoms. The van der Waals surface area contributed by atoms with Crippen LogP contribution in [0.5, 0.6) is 5.75 Å². The van der Waals surface area contributed by atoms with Crippen molar-refractivity contribution in [3.05, 3.63) is 33.9 Å². The lowest BCUT2D eigenvalue weighted by Crippen LogP contribution is -1.98. The van der Waals surface area contributed by atoms with Crippen LogP contribution in [0.15, 0.2) is 18.2 Å². The predicted molar refractivity (Wildman–Crippen MR) is 67.8 cm³/mol. The molecule has 6 heteroatoms. The van der Waals surface area contributed by atoms with Crippen molar-refractivity contribution in [1.29, 1.82) is 0 Å². The number of ether oxygens (including phenoxy) is 2. The highest BCUT2D eigenvalue weighted by atomic mass is 16.6. The third-order valence-corrected chi connectivity index (χ3v) is 2.16. The van der Waals surface area contributed by atoms with Gasteiger partial charge in [-0.05, 0) is 13.0 Å². The molecule has 0 aliphatic rings. The van der Waals surface area contributed by atoms with Crippen LogP contribution in [-0.2, 0) is 9.53 Å². The minimum atomic E-state index is -0.513. The van der Waals surface area contributed by atoms with Crippen LogP contribution in [0.1, 0.15) is 18.9 Å². The number of carbonyl (C=O) groups is 1. The van der Waals surface area contributed by atoms with E-state index in [1.165, 1.54) is 25.3 Å². The summed E-state index contributed by atoms with van der Waals surface area (Å²) in [4.78, 5) is 21.1. The molecule has 0 heterocycles. The van der Waals surface area contributed by atoms with Crippen LogP contribution in [0.25, 0.3) is 0 Å². The van der Waals surface area contributed by atoms with Gasteiger partial charge in [-0.15, -0.1) is 0 Å². The number of carbonyl (C=O) groups excluding carboxylic acids is 1. The van der Waals surface area contributed by atoms with Crippen LogP contribution in [0.2, 0.25) is 0 Å². The lowest BCUT2D eigenvalue weighted by molar-refractivity contribution is -0.384. The fraction of sp³-hybridized carbons (Fsp3) is 0.308. The summed E-state index contributed by atoms with van der Waals surface area (Å²) in [6, 6.07) is 4.15. The molecule has 0 aromatic heterocycles. The van der Waals surface area contributed by atoms with Crippen molar-refractivity contribution in [2.75, 3.05) is 13.7 Å². The van der Waals surface area contributed by atoms with Crippen LogP contribution >= 0.6 is 0 Å². The van der Waals surface area contributed by atoms with Gasteiger partial charge in [0, 0.05) is 12.1 Å². The van der Waals surface area contributed by atoms with Crippen LogP contribution in [-0.4, -0.2) is 24.6 Å². The number of rotatable bonds is 4. The van der Waals surface area contributed by atoms with Crippen LogP contribution < -0.4 is 4.74 Å². The highest BCUT2D eigenvalue weighted by Crippen LogP contribution is 2.23. The van der Waals surface area contributed by atoms with E-state index < -0.39 is 10.9 Å². The van der Waals surface area contributed by atoms with E-state index in [0.29, 0.717) is 17.9 Å². The number of non-ortho nitro benzene ring substituents is 1. The van der Waals surface area contributed by atoms with Gasteiger partial charge in [-0.2, -0.15) is 0 Å². The summed E-state index contributed by atoms with van der Waals surface area (Å²) >= 11 is 0. The largest absolute Gasteiger partial charge is 0.493 e. The topological polar surface area (TPSA) is 78.7 Å². The minimum absolute atomic E-state index is 0.0779. The summed E-state index contributed by atoms with van der Waals surface area (Å²) in [6.07, 6.45) is -0.0786. The van der Waals surface area contributed by atoms with Crippen molar-refractivity contribution in [2.45, 2.75) is 13.3 Å². The molecule has 0 fully saturated rings. The Morgan fingerprint density at radius 1 is 1.47 bits per heavy atom. The van der Waals surface area contributed by atoms with Crippen molar-refractivity contribution >= 4 is 11.7 Å². The molecule has 0 amide bonds. The van der Waals surface area contributed by atoms with Gasteiger partial charge in [0.25, 0.3) is 5.69 Å². The fourth-order valence-corrected chi connectivity index (χ4v) is 1.29. The van der Waals surface area contributed by atoms with Crippen LogP contribution in [0.4, 0.5) is 5.69 Å². The zero-order valence-electron chi connectivity index (χ0n) is 10.6. The Hall–Kier alpha value is -2.55. The molecule has 6 nitrogen and oxygen atoms in total. The number of methoxy groups -OCH3 is 1. The monoisotopic (exact) mass is 263 g/mol. The summed E-state index contributed by atoms with van der Waals surface area (Å²) < 4.78 is 9.76. The second-order valence-electron chi connectivity index (χ2n) is 3.43. The SMILES string of the molecule is CCOc1ccc([N+](=O)[O-])cc1C#CCC(=O)OC. The molecular formula is C13H13NO5. The van der Waals surface area contributed by atoms with E-state index in [9.17, 15) is 14.9 Å². The summed E-state index contributed by atoms with van der Waals surface area (Å²) in [5.74, 6) is 5.26. The number of esters is 1. The molecule has 0 saturated carbocycles. The van der Waals surface area contributed by atoms with E-state index in [2.05, 4.69) is 16.6 Å². The number of nitro groups is 1. The maximum Gasteiger partial charge on any atom is 0.317 e. The van der Waals surface area contributed by atoms with E-state index in [1.54, 1.807) is 6.92 Å².